The van der Waals surface area contributed by atoms with Gasteiger partial charge in [-0.1, -0.05) is 23.8 Å². The van der Waals surface area contributed by atoms with E-state index in [1.807, 2.05) is 13.0 Å². The van der Waals surface area contributed by atoms with Crippen molar-refractivity contribution < 1.29 is 12.8 Å². The molecule has 1 fully saturated rings. The molecule has 0 aliphatic carbocycles. The molecule has 3 aromatic rings. The average Bonchev–Trinajstić information content (AvgIpc) is 3.32. The Kier molecular flexibility index (Phi) is 4.29. The van der Waals surface area contributed by atoms with Gasteiger partial charge in [0, 0.05) is 12.7 Å². The standard InChI is InChI=1S/C18H18N4O3S/c1-13-7-9-14(10-8-13)26(23,24)22-12-4-6-16(22)18-21-20-17(25-18)15-5-2-3-11-19-15/h2-3,5,7-11,16H,4,6,12H2,1H3. The predicted octanol–water partition coefficient (Wildman–Crippen LogP) is 2.97. The van der Waals surface area contributed by atoms with Gasteiger partial charge in [-0.2, -0.15) is 4.31 Å². The van der Waals surface area contributed by atoms with E-state index < -0.39 is 16.1 Å². The second-order valence-electron chi connectivity index (χ2n) is 6.25. The van der Waals surface area contributed by atoms with Gasteiger partial charge in [-0.25, -0.2) is 8.42 Å². The van der Waals surface area contributed by atoms with Gasteiger partial charge in [0.2, 0.25) is 15.9 Å². The quantitative estimate of drug-likeness (QED) is 0.701. The van der Waals surface area contributed by atoms with Crippen LogP contribution in [0, 0.1) is 6.92 Å². The van der Waals surface area contributed by atoms with Crippen LogP contribution in [-0.2, 0) is 10.0 Å². The molecule has 4 rings (SSSR count). The molecule has 3 heterocycles. The van der Waals surface area contributed by atoms with Gasteiger partial charge in [0.15, 0.2) is 0 Å². The van der Waals surface area contributed by atoms with E-state index in [4.69, 9.17) is 4.42 Å². The van der Waals surface area contributed by atoms with Gasteiger partial charge in [0.25, 0.3) is 5.89 Å². The fourth-order valence-corrected chi connectivity index (χ4v) is 4.73. The van der Waals surface area contributed by atoms with Crippen LogP contribution in [0.25, 0.3) is 11.6 Å². The van der Waals surface area contributed by atoms with Crippen LogP contribution in [0.4, 0.5) is 0 Å². The van der Waals surface area contributed by atoms with Crippen LogP contribution in [-0.4, -0.2) is 34.4 Å². The maximum Gasteiger partial charge on any atom is 0.266 e. The van der Waals surface area contributed by atoms with E-state index in [9.17, 15) is 8.42 Å². The molecule has 7 nitrogen and oxygen atoms in total. The third-order valence-corrected chi connectivity index (χ3v) is 6.36. The lowest BCUT2D eigenvalue weighted by molar-refractivity contribution is 0.332. The Morgan fingerprint density at radius 1 is 1.12 bits per heavy atom. The summed E-state index contributed by atoms with van der Waals surface area (Å²) in [5, 5.41) is 8.11. The van der Waals surface area contributed by atoms with E-state index >= 15 is 0 Å². The SMILES string of the molecule is Cc1ccc(S(=O)(=O)N2CCCC2c2nnc(-c3ccccn3)o2)cc1. The number of aryl methyl sites for hydroxylation is 1. The van der Waals surface area contributed by atoms with Crippen LogP contribution >= 0.6 is 0 Å². The van der Waals surface area contributed by atoms with Gasteiger partial charge in [-0.3, -0.25) is 4.98 Å². The Balaban J connectivity index is 1.65. The van der Waals surface area contributed by atoms with Crippen molar-refractivity contribution in [2.75, 3.05) is 6.54 Å². The third-order valence-electron chi connectivity index (χ3n) is 4.44. The summed E-state index contributed by atoms with van der Waals surface area (Å²) in [5.74, 6) is 0.596. The summed E-state index contributed by atoms with van der Waals surface area (Å²) < 4.78 is 33.3. The normalized spacial score (nSPS) is 18.3. The Morgan fingerprint density at radius 3 is 2.65 bits per heavy atom. The van der Waals surface area contributed by atoms with Gasteiger partial charge in [-0.05, 0) is 44.0 Å². The van der Waals surface area contributed by atoms with Crippen LogP contribution < -0.4 is 0 Å². The first-order chi connectivity index (χ1) is 12.6. The number of pyridine rings is 1. The maximum absolute atomic E-state index is 13.0. The Bertz CT molecular complexity index is 1000. The summed E-state index contributed by atoms with van der Waals surface area (Å²) in [7, 11) is -3.62. The lowest BCUT2D eigenvalue weighted by Crippen LogP contribution is -2.30. The number of nitrogens with zero attached hydrogens (tertiary/aromatic N) is 4. The highest BCUT2D eigenvalue weighted by atomic mass is 32.2. The van der Waals surface area contributed by atoms with Gasteiger partial charge in [-0.15, -0.1) is 10.2 Å². The highest BCUT2D eigenvalue weighted by molar-refractivity contribution is 7.89. The predicted molar refractivity (Wildman–Crippen MR) is 94.6 cm³/mol. The lowest BCUT2D eigenvalue weighted by Gasteiger charge is -2.21. The van der Waals surface area contributed by atoms with E-state index in [-0.39, 0.29) is 4.90 Å². The van der Waals surface area contributed by atoms with E-state index in [1.165, 1.54) is 4.31 Å². The Labute approximate surface area is 151 Å². The van der Waals surface area contributed by atoms with Gasteiger partial charge < -0.3 is 4.42 Å². The summed E-state index contributed by atoms with van der Waals surface area (Å²) in [6, 6.07) is 11.8. The smallest absolute Gasteiger partial charge is 0.266 e. The van der Waals surface area contributed by atoms with E-state index in [0.717, 1.165) is 12.0 Å². The molecule has 0 saturated carbocycles. The fourth-order valence-electron chi connectivity index (χ4n) is 3.08. The molecule has 2 aromatic heterocycles. The summed E-state index contributed by atoms with van der Waals surface area (Å²) in [5.41, 5.74) is 1.58. The topological polar surface area (TPSA) is 89.2 Å². The molecule has 1 aliphatic heterocycles. The van der Waals surface area contributed by atoms with Crippen molar-refractivity contribution in [1.29, 1.82) is 0 Å². The third kappa shape index (κ3) is 3.02. The second-order valence-corrected chi connectivity index (χ2v) is 8.14. The summed E-state index contributed by atoms with van der Waals surface area (Å²) >= 11 is 0. The average molecular weight is 370 g/mol. The van der Waals surface area contributed by atoms with Crippen molar-refractivity contribution in [3.63, 3.8) is 0 Å². The summed E-state index contributed by atoms with van der Waals surface area (Å²) in [4.78, 5) is 4.46. The number of rotatable bonds is 4. The van der Waals surface area contributed by atoms with Crippen LogP contribution in [0.5, 0.6) is 0 Å². The van der Waals surface area contributed by atoms with E-state index in [1.54, 1.807) is 42.6 Å². The number of sulfonamides is 1. The number of hydrogen-bond acceptors (Lipinski definition) is 6. The fraction of sp³-hybridized carbons (Fsp3) is 0.278. The minimum absolute atomic E-state index is 0.277. The molecule has 1 saturated heterocycles. The van der Waals surface area contributed by atoms with Crippen molar-refractivity contribution in [3.05, 3.63) is 60.1 Å². The zero-order valence-corrected chi connectivity index (χ0v) is 15.1. The monoisotopic (exact) mass is 370 g/mol. The van der Waals surface area contributed by atoms with Crippen molar-refractivity contribution in [2.24, 2.45) is 0 Å². The van der Waals surface area contributed by atoms with Crippen LogP contribution in [0.2, 0.25) is 0 Å². The molecule has 0 bridgehead atoms. The molecule has 0 amide bonds. The number of benzene rings is 1. The van der Waals surface area contributed by atoms with Crippen LogP contribution in [0.1, 0.15) is 30.3 Å². The molecule has 1 atom stereocenters. The molecule has 134 valence electrons. The van der Waals surface area contributed by atoms with Crippen LogP contribution in [0.3, 0.4) is 0 Å². The van der Waals surface area contributed by atoms with Gasteiger partial charge in [0.1, 0.15) is 11.7 Å². The van der Waals surface area contributed by atoms with Gasteiger partial charge >= 0.3 is 0 Å². The van der Waals surface area contributed by atoms with E-state index in [0.29, 0.717) is 30.4 Å². The molecule has 0 spiro atoms. The molecule has 0 N–H and O–H groups in total. The summed E-state index contributed by atoms with van der Waals surface area (Å²) in [6.45, 7) is 2.36. The molecular formula is C18H18N4O3S. The molecule has 0 radical (unpaired) electrons. The Hall–Kier alpha value is -2.58. The zero-order valence-electron chi connectivity index (χ0n) is 14.2. The molecule has 1 unspecified atom stereocenters. The molecule has 1 aromatic carbocycles. The highest BCUT2D eigenvalue weighted by Gasteiger charge is 2.39. The highest BCUT2D eigenvalue weighted by Crippen LogP contribution is 2.36. The largest absolute Gasteiger partial charge is 0.417 e. The minimum Gasteiger partial charge on any atom is -0.417 e. The first-order valence-corrected chi connectivity index (χ1v) is 9.83. The van der Waals surface area contributed by atoms with Gasteiger partial charge in [0.05, 0.1) is 4.90 Å². The molecular weight excluding hydrogens is 352 g/mol. The van der Waals surface area contributed by atoms with Crippen molar-refractivity contribution in [2.45, 2.75) is 30.7 Å². The first-order valence-electron chi connectivity index (χ1n) is 8.39. The Morgan fingerprint density at radius 2 is 1.92 bits per heavy atom. The molecule has 1 aliphatic rings. The van der Waals surface area contributed by atoms with Crippen molar-refractivity contribution in [3.8, 4) is 11.6 Å². The molecule has 26 heavy (non-hydrogen) atoms. The summed E-state index contributed by atoms with van der Waals surface area (Å²) in [6.07, 6.45) is 3.04. The van der Waals surface area contributed by atoms with Crippen LogP contribution in [0.15, 0.2) is 58.0 Å². The zero-order chi connectivity index (χ0) is 18.1. The number of hydrogen-bond donors (Lipinski definition) is 0. The minimum atomic E-state index is -3.62. The first kappa shape index (κ1) is 16.9. The van der Waals surface area contributed by atoms with Crippen molar-refractivity contribution in [1.82, 2.24) is 19.5 Å². The maximum atomic E-state index is 13.0. The second kappa shape index (κ2) is 6.62. The van der Waals surface area contributed by atoms with Crippen molar-refractivity contribution >= 4 is 10.0 Å². The van der Waals surface area contributed by atoms with E-state index in [2.05, 4.69) is 15.2 Å². The lowest BCUT2D eigenvalue weighted by atomic mass is 10.2. The molecule has 8 heteroatoms. The number of aromatic nitrogens is 3.